The molecule has 0 unspecified atom stereocenters. The maximum absolute atomic E-state index is 14.1. The van der Waals surface area contributed by atoms with Gasteiger partial charge in [-0.05, 0) is 54.8 Å². The second-order valence-corrected chi connectivity index (χ2v) is 10.8. The van der Waals surface area contributed by atoms with Crippen LogP contribution < -0.4 is 29.2 Å². The Morgan fingerprint density at radius 1 is 0.930 bits per heavy atom. The zero-order valence-corrected chi connectivity index (χ0v) is 24.2. The van der Waals surface area contributed by atoms with Crippen LogP contribution in [0.25, 0.3) is 0 Å². The first-order valence-corrected chi connectivity index (χ1v) is 14.2. The first kappa shape index (κ1) is 28.2. The molecule has 3 aromatic rings. The molecule has 11 heteroatoms. The van der Waals surface area contributed by atoms with Crippen molar-refractivity contribution < 1.29 is 33.3 Å². The zero-order valence-electron chi connectivity index (χ0n) is 24.2. The largest absolute Gasteiger partial charge is 0.497 e. The highest BCUT2D eigenvalue weighted by Gasteiger charge is 2.54. The molecule has 2 saturated heterocycles. The van der Waals surface area contributed by atoms with Crippen LogP contribution in [-0.4, -0.2) is 80.4 Å². The number of amides is 3. The van der Waals surface area contributed by atoms with E-state index in [9.17, 15) is 14.4 Å². The summed E-state index contributed by atoms with van der Waals surface area (Å²) in [6.07, 6.45) is 0.862. The van der Waals surface area contributed by atoms with Crippen LogP contribution >= 0.6 is 0 Å². The lowest BCUT2D eigenvalue weighted by Gasteiger charge is -2.43. The molecule has 3 heterocycles. The summed E-state index contributed by atoms with van der Waals surface area (Å²) in [5.41, 5.74) is 1.35. The molecule has 6 rings (SSSR count). The van der Waals surface area contributed by atoms with E-state index in [-0.39, 0.29) is 37.7 Å². The van der Waals surface area contributed by atoms with Crippen LogP contribution in [0.5, 0.6) is 23.0 Å². The summed E-state index contributed by atoms with van der Waals surface area (Å²) < 4.78 is 21.5. The number of rotatable bonds is 8. The van der Waals surface area contributed by atoms with Gasteiger partial charge in [0.2, 0.25) is 12.7 Å². The zero-order chi connectivity index (χ0) is 30.0. The fourth-order valence-corrected chi connectivity index (χ4v) is 6.03. The third-order valence-corrected chi connectivity index (χ3v) is 8.36. The van der Waals surface area contributed by atoms with E-state index in [1.165, 1.54) is 7.11 Å². The summed E-state index contributed by atoms with van der Waals surface area (Å²) in [4.78, 5) is 46.0. The third kappa shape index (κ3) is 5.38. The molecule has 1 spiro atoms. The number of carbonyl (C=O) groups excluding carboxylic acids is 3. The van der Waals surface area contributed by atoms with Gasteiger partial charge >= 0.3 is 0 Å². The van der Waals surface area contributed by atoms with Crippen LogP contribution in [-0.2, 0) is 16.1 Å². The first-order chi connectivity index (χ1) is 20.9. The van der Waals surface area contributed by atoms with Gasteiger partial charge in [-0.3, -0.25) is 14.4 Å². The molecule has 0 atom stereocenters. The average Bonchev–Trinajstić information content (AvgIpc) is 3.62. The van der Waals surface area contributed by atoms with E-state index in [1.54, 1.807) is 35.1 Å². The molecule has 0 radical (unpaired) electrons. The van der Waals surface area contributed by atoms with E-state index in [4.69, 9.17) is 18.9 Å². The standard InChI is InChI=1S/C32H34N4O7/c1-40-24-9-10-25(27(17-24)41-2)30(38)34-14-12-32(13-15-34)31(39)35(20-36(32)23-6-4-3-5-7-23)19-29(37)33-18-22-8-11-26-28(16-22)43-21-42-26/h3-11,16-17H,12-15,18-21H2,1-2H3,(H,33,37). The predicted molar refractivity (Wildman–Crippen MR) is 157 cm³/mol. The lowest BCUT2D eigenvalue weighted by molar-refractivity contribution is -0.137. The number of carbonyl (C=O) groups is 3. The van der Waals surface area contributed by atoms with Crippen LogP contribution in [0.2, 0.25) is 0 Å². The highest BCUT2D eigenvalue weighted by molar-refractivity contribution is 5.99. The fourth-order valence-electron chi connectivity index (χ4n) is 6.03. The normalized spacial score (nSPS) is 16.9. The molecule has 224 valence electrons. The molecule has 11 nitrogen and oxygen atoms in total. The molecule has 0 aliphatic carbocycles. The van der Waals surface area contributed by atoms with Gasteiger partial charge in [-0.25, -0.2) is 0 Å². The van der Waals surface area contributed by atoms with Crippen molar-refractivity contribution in [3.8, 4) is 23.0 Å². The Labute approximate surface area is 249 Å². The Morgan fingerprint density at radius 2 is 1.70 bits per heavy atom. The van der Waals surface area contributed by atoms with Crippen LogP contribution in [0.4, 0.5) is 5.69 Å². The molecular formula is C32H34N4O7. The number of nitrogens with zero attached hydrogens (tertiary/aromatic N) is 3. The van der Waals surface area contributed by atoms with Crippen molar-refractivity contribution in [3.05, 3.63) is 77.9 Å². The lowest BCUT2D eigenvalue weighted by Crippen LogP contribution is -2.57. The van der Waals surface area contributed by atoms with E-state index in [0.29, 0.717) is 61.0 Å². The molecule has 3 aromatic carbocycles. The Hall–Kier alpha value is -4.93. The minimum atomic E-state index is -0.861. The molecule has 0 bridgehead atoms. The van der Waals surface area contributed by atoms with Gasteiger partial charge in [0.25, 0.3) is 11.8 Å². The number of para-hydroxylation sites is 1. The monoisotopic (exact) mass is 586 g/mol. The number of hydrogen-bond donors (Lipinski definition) is 1. The molecule has 0 saturated carbocycles. The van der Waals surface area contributed by atoms with E-state index in [0.717, 1.165) is 11.3 Å². The number of ether oxygens (including phenoxy) is 4. The molecule has 2 fully saturated rings. The number of hydrogen-bond acceptors (Lipinski definition) is 8. The summed E-state index contributed by atoms with van der Waals surface area (Å²) in [6, 6.07) is 20.4. The Bertz CT molecular complexity index is 1520. The smallest absolute Gasteiger partial charge is 0.257 e. The van der Waals surface area contributed by atoms with Gasteiger partial charge in [0.1, 0.15) is 23.6 Å². The van der Waals surface area contributed by atoms with Crippen LogP contribution in [0.3, 0.4) is 0 Å². The van der Waals surface area contributed by atoms with Crippen molar-refractivity contribution in [2.45, 2.75) is 24.9 Å². The molecule has 0 aromatic heterocycles. The predicted octanol–water partition coefficient (Wildman–Crippen LogP) is 3.03. The van der Waals surface area contributed by atoms with Crippen molar-refractivity contribution in [2.24, 2.45) is 0 Å². The van der Waals surface area contributed by atoms with Crippen molar-refractivity contribution in [3.63, 3.8) is 0 Å². The van der Waals surface area contributed by atoms with Gasteiger partial charge in [0.15, 0.2) is 11.5 Å². The van der Waals surface area contributed by atoms with E-state index >= 15 is 0 Å². The number of likely N-dealkylation sites (tertiary alicyclic amines) is 1. The molecule has 3 amide bonds. The summed E-state index contributed by atoms with van der Waals surface area (Å²) in [5, 5.41) is 2.92. The van der Waals surface area contributed by atoms with Crippen molar-refractivity contribution in [1.29, 1.82) is 0 Å². The number of methoxy groups -OCH3 is 2. The average molecular weight is 587 g/mol. The second-order valence-electron chi connectivity index (χ2n) is 10.8. The van der Waals surface area contributed by atoms with Gasteiger partial charge in [0.05, 0.1) is 26.5 Å². The topological polar surface area (TPSA) is 110 Å². The highest BCUT2D eigenvalue weighted by atomic mass is 16.7. The van der Waals surface area contributed by atoms with Gasteiger partial charge in [-0.2, -0.15) is 0 Å². The SMILES string of the molecule is COc1ccc(C(=O)N2CCC3(CC2)C(=O)N(CC(=O)NCc2ccc4c(c2)OCO4)CN3c2ccccc2)c(OC)c1. The second kappa shape index (κ2) is 11.7. The van der Waals surface area contributed by atoms with Gasteiger partial charge in [-0.15, -0.1) is 0 Å². The van der Waals surface area contributed by atoms with Gasteiger partial charge < -0.3 is 39.0 Å². The van der Waals surface area contributed by atoms with E-state index in [1.807, 2.05) is 48.5 Å². The maximum Gasteiger partial charge on any atom is 0.257 e. The fraction of sp³-hybridized carbons (Fsp3) is 0.344. The van der Waals surface area contributed by atoms with Crippen LogP contribution in [0.15, 0.2) is 66.7 Å². The minimum absolute atomic E-state index is 0.0693. The summed E-state index contributed by atoms with van der Waals surface area (Å²) in [6.45, 7) is 1.46. The summed E-state index contributed by atoms with van der Waals surface area (Å²) >= 11 is 0. The van der Waals surface area contributed by atoms with Gasteiger partial charge in [-0.1, -0.05) is 24.3 Å². The molecular weight excluding hydrogens is 552 g/mol. The third-order valence-electron chi connectivity index (χ3n) is 8.36. The molecule has 3 aliphatic heterocycles. The quantitative estimate of drug-likeness (QED) is 0.429. The van der Waals surface area contributed by atoms with E-state index in [2.05, 4.69) is 10.2 Å². The number of piperidine rings is 1. The number of nitrogens with one attached hydrogen (secondary N) is 1. The minimum Gasteiger partial charge on any atom is -0.497 e. The molecule has 43 heavy (non-hydrogen) atoms. The van der Waals surface area contributed by atoms with Gasteiger partial charge in [0, 0.05) is 31.4 Å². The van der Waals surface area contributed by atoms with Crippen molar-refractivity contribution >= 4 is 23.4 Å². The first-order valence-electron chi connectivity index (χ1n) is 14.2. The number of anilines is 1. The van der Waals surface area contributed by atoms with Crippen molar-refractivity contribution in [2.75, 3.05) is 52.2 Å². The summed E-state index contributed by atoms with van der Waals surface area (Å²) in [5.74, 6) is 1.84. The van der Waals surface area contributed by atoms with E-state index < -0.39 is 5.54 Å². The Balaban J connectivity index is 1.15. The number of fused-ring (bicyclic) bond motifs is 1. The summed E-state index contributed by atoms with van der Waals surface area (Å²) in [7, 11) is 3.08. The Kier molecular flexibility index (Phi) is 7.71. The lowest BCUT2D eigenvalue weighted by atomic mass is 9.85. The molecule has 3 aliphatic rings. The van der Waals surface area contributed by atoms with Crippen LogP contribution in [0, 0.1) is 0 Å². The maximum atomic E-state index is 14.1. The number of benzene rings is 3. The highest BCUT2D eigenvalue weighted by Crippen LogP contribution is 2.40. The Morgan fingerprint density at radius 3 is 2.44 bits per heavy atom. The van der Waals surface area contributed by atoms with Crippen LogP contribution in [0.1, 0.15) is 28.8 Å². The van der Waals surface area contributed by atoms with Crippen molar-refractivity contribution in [1.82, 2.24) is 15.1 Å². The molecule has 1 N–H and O–H groups in total.